The lowest BCUT2D eigenvalue weighted by molar-refractivity contribution is 0.242. The van der Waals surface area contributed by atoms with Crippen LogP contribution in [0.3, 0.4) is 0 Å². The summed E-state index contributed by atoms with van der Waals surface area (Å²) in [6.07, 6.45) is 2.62. The maximum atomic E-state index is 6.28. The fraction of sp³-hybridized carbons (Fsp3) is 0.538. The van der Waals surface area contributed by atoms with Crippen LogP contribution < -0.4 is 5.32 Å². The lowest BCUT2D eigenvalue weighted by Gasteiger charge is -2.28. The molecule has 16 heavy (non-hydrogen) atoms. The predicted octanol–water partition coefficient (Wildman–Crippen LogP) is 2.70. The highest BCUT2D eigenvalue weighted by Crippen LogP contribution is 2.29. The van der Waals surface area contributed by atoms with Crippen LogP contribution in [0.5, 0.6) is 0 Å². The van der Waals surface area contributed by atoms with Crippen LogP contribution in [0.25, 0.3) is 0 Å². The summed E-state index contributed by atoms with van der Waals surface area (Å²) in [5.41, 5.74) is 1.25. The molecule has 0 bridgehead atoms. The van der Waals surface area contributed by atoms with E-state index in [0.717, 1.165) is 11.6 Å². The van der Waals surface area contributed by atoms with Crippen molar-refractivity contribution in [3.63, 3.8) is 0 Å². The Hall–Kier alpha value is -0.570. The third kappa shape index (κ3) is 2.57. The van der Waals surface area contributed by atoms with Gasteiger partial charge < -0.3 is 5.32 Å². The van der Waals surface area contributed by atoms with Crippen molar-refractivity contribution in [1.29, 1.82) is 0 Å². The summed E-state index contributed by atoms with van der Waals surface area (Å²) in [5, 5.41) is 4.15. The Morgan fingerprint density at radius 3 is 2.62 bits per heavy atom. The molecule has 0 amide bonds. The largest absolute Gasteiger partial charge is 0.318 e. The van der Waals surface area contributed by atoms with Gasteiger partial charge in [0.15, 0.2) is 0 Å². The summed E-state index contributed by atoms with van der Waals surface area (Å²) >= 11 is 6.28. The van der Waals surface area contributed by atoms with Crippen molar-refractivity contribution in [2.24, 2.45) is 0 Å². The second kappa shape index (κ2) is 5.67. The molecule has 88 valence electrons. The Morgan fingerprint density at radius 1 is 1.31 bits per heavy atom. The Morgan fingerprint density at radius 2 is 2.00 bits per heavy atom. The normalized spacial score (nSPS) is 18.9. The number of halogens is 1. The van der Waals surface area contributed by atoms with Gasteiger partial charge in [0.25, 0.3) is 0 Å². The van der Waals surface area contributed by atoms with Gasteiger partial charge in [-0.3, -0.25) is 4.90 Å². The lowest BCUT2D eigenvalue weighted by atomic mass is 10.1. The maximum absolute atomic E-state index is 6.28. The highest BCUT2D eigenvalue weighted by molar-refractivity contribution is 6.31. The van der Waals surface area contributed by atoms with E-state index in [0.29, 0.717) is 6.04 Å². The molecule has 2 nitrogen and oxygen atoms in total. The van der Waals surface area contributed by atoms with E-state index >= 15 is 0 Å². The van der Waals surface area contributed by atoms with Gasteiger partial charge in [0, 0.05) is 17.6 Å². The van der Waals surface area contributed by atoms with E-state index < -0.39 is 0 Å². The molecule has 0 aliphatic carbocycles. The van der Waals surface area contributed by atoms with Crippen LogP contribution >= 0.6 is 11.6 Å². The second-order valence-electron chi connectivity index (χ2n) is 4.34. The summed E-state index contributed by atoms with van der Waals surface area (Å²) in [5.74, 6) is 0. The van der Waals surface area contributed by atoms with E-state index in [1.807, 2.05) is 19.2 Å². The molecule has 0 spiro atoms. The number of nitrogens with zero attached hydrogens (tertiary/aromatic N) is 1. The van der Waals surface area contributed by atoms with Crippen molar-refractivity contribution in [2.45, 2.75) is 18.9 Å². The number of likely N-dealkylation sites (tertiary alicyclic amines) is 1. The van der Waals surface area contributed by atoms with Crippen molar-refractivity contribution in [1.82, 2.24) is 10.2 Å². The molecule has 1 fully saturated rings. The molecule has 1 aromatic carbocycles. The molecule has 1 saturated heterocycles. The van der Waals surface area contributed by atoms with Gasteiger partial charge in [0.1, 0.15) is 0 Å². The molecule has 0 aromatic heterocycles. The molecule has 1 aliphatic heterocycles. The van der Waals surface area contributed by atoms with E-state index in [-0.39, 0.29) is 0 Å². The van der Waals surface area contributed by atoms with E-state index in [4.69, 9.17) is 11.6 Å². The summed E-state index contributed by atoms with van der Waals surface area (Å²) in [7, 11) is 2.00. The quantitative estimate of drug-likeness (QED) is 0.868. The molecule has 2 rings (SSSR count). The SMILES string of the molecule is CNC[C@@H](c1ccccc1Cl)N1CCCC1. The van der Waals surface area contributed by atoms with Crippen LogP contribution in [0.1, 0.15) is 24.4 Å². The van der Waals surface area contributed by atoms with Crippen molar-refractivity contribution in [2.75, 3.05) is 26.7 Å². The standard InChI is InChI=1S/C13H19ClN2/c1-15-10-13(16-8-4-5-9-16)11-6-2-3-7-12(11)14/h2-3,6-7,13,15H,4-5,8-10H2,1H3/t13-/m0/s1. The molecule has 0 saturated carbocycles. The summed E-state index contributed by atoms with van der Waals surface area (Å²) < 4.78 is 0. The lowest BCUT2D eigenvalue weighted by Crippen LogP contribution is -2.33. The van der Waals surface area contributed by atoms with Gasteiger partial charge in [-0.25, -0.2) is 0 Å². The number of likely N-dealkylation sites (N-methyl/N-ethyl adjacent to an activating group) is 1. The van der Waals surface area contributed by atoms with Crippen molar-refractivity contribution in [3.05, 3.63) is 34.9 Å². The number of benzene rings is 1. The van der Waals surface area contributed by atoms with E-state index in [2.05, 4.69) is 22.3 Å². The van der Waals surface area contributed by atoms with Crippen LogP contribution in [0.15, 0.2) is 24.3 Å². The number of nitrogens with one attached hydrogen (secondary N) is 1. The van der Waals surface area contributed by atoms with E-state index in [1.54, 1.807) is 0 Å². The Labute approximate surface area is 103 Å². The first-order chi connectivity index (χ1) is 7.83. The molecule has 1 heterocycles. The predicted molar refractivity (Wildman–Crippen MR) is 68.9 cm³/mol. The van der Waals surface area contributed by atoms with Gasteiger partial charge in [-0.2, -0.15) is 0 Å². The van der Waals surface area contributed by atoms with Gasteiger partial charge in [-0.1, -0.05) is 29.8 Å². The van der Waals surface area contributed by atoms with Crippen LogP contribution in [0.4, 0.5) is 0 Å². The maximum Gasteiger partial charge on any atom is 0.0487 e. The van der Waals surface area contributed by atoms with Gasteiger partial charge in [-0.05, 0) is 44.6 Å². The minimum Gasteiger partial charge on any atom is -0.318 e. The zero-order valence-corrected chi connectivity index (χ0v) is 10.5. The van der Waals surface area contributed by atoms with Crippen molar-refractivity contribution in [3.8, 4) is 0 Å². The zero-order chi connectivity index (χ0) is 11.4. The Balaban J connectivity index is 2.21. The second-order valence-corrected chi connectivity index (χ2v) is 4.75. The van der Waals surface area contributed by atoms with Crippen LogP contribution in [-0.2, 0) is 0 Å². The van der Waals surface area contributed by atoms with Gasteiger partial charge >= 0.3 is 0 Å². The average molecular weight is 239 g/mol. The number of rotatable bonds is 4. The highest BCUT2D eigenvalue weighted by Gasteiger charge is 2.24. The smallest absolute Gasteiger partial charge is 0.0487 e. The van der Waals surface area contributed by atoms with E-state index in [1.165, 1.54) is 31.5 Å². The third-order valence-electron chi connectivity index (χ3n) is 3.24. The molecule has 1 atom stereocenters. The third-order valence-corrected chi connectivity index (χ3v) is 3.59. The summed E-state index contributed by atoms with van der Waals surface area (Å²) in [6.45, 7) is 3.35. The summed E-state index contributed by atoms with van der Waals surface area (Å²) in [4.78, 5) is 2.53. The first-order valence-electron chi connectivity index (χ1n) is 5.96. The number of hydrogen-bond donors (Lipinski definition) is 1. The van der Waals surface area contributed by atoms with Crippen molar-refractivity contribution < 1.29 is 0 Å². The monoisotopic (exact) mass is 238 g/mol. The number of hydrogen-bond acceptors (Lipinski definition) is 2. The summed E-state index contributed by atoms with van der Waals surface area (Å²) in [6, 6.07) is 8.60. The minimum absolute atomic E-state index is 0.418. The molecular formula is C13H19ClN2. The highest BCUT2D eigenvalue weighted by atomic mass is 35.5. The Bertz CT molecular complexity index is 334. The first-order valence-corrected chi connectivity index (χ1v) is 6.34. The van der Waals surface area contributed by atoms with E-state index in [9.17, 15) is 0 Å². The molecule has 0 radical (unpaired) electrons. The first kappa shape index (κ1) is 11.9. The van der Waals surface area contributed by atoms with Crippen molar-refractivity contribution >= 4 is 11.6 Å². The van der Waals surface area contributed by atoms with Gasteiger partial charge in [0.2, 0.25) is 0 Å². The van der Waals surface area contributed by atoms with Crippen LogP contribution in [0.2, 0.25) is 5.02 Å². The molecule has 0 unspecified atom stereocenters. The van der Waals surface area contributed by atoms with Crippen LogP contribution in [-0.4, -0.2) is 31.6 Å². The topological polar surface area (TPSA) is 15.3 Å². The molecule has 1 aromatic rings. The molecule has 3 heteroatoms. The van der Waals surface area contributed by atoms with Gasteiger partial charge in [0.05, 0.1) is 0 Å². The van der Waals surface area contributed by atoms with Crippen LogP contribution in [0, 0.1) is 0 Å². The minimum atomic E-state index is 0.418. The zero-order valence-electron chi connectivity index (χ0n) is 9.75. The average Bonchev–Trinajstić information content (AvgIpc) is 2.80. The van der Waals surface area contributed by atoms with Gasteiger partial charge in [-0.15, -0.1) is 0 Å². The molecular weight excluding hydrogens is 220 g/mol. The fourth-order valence-corrected chi connectivity index (χ4v) is 2.69. The molecule has 1 N–H and O–H groups in total. The Kier molecular flexibility index (Phi) is 4.22. The molecule has 1 aliphatic rings. The fourth-order valence-electron chi connectivity index (χ4n) is 2.43.